The Hall–Kier alpha value is -1.36. The number of aryl methyl sites for hydroxylation is 1. The second-order valence-electron chi connectivity index (χ2n) is 6.02. The van der Waals surface area contributed by atoms with E-state index in [1.165, 1.54) is 35.2 Å². The van der Waals surface area contributed by atoms with Crippen molar-refractivity contribution in [3.8, 4) is 0 Å². The highest BCUT2D eigenvalue weighted by atomic mass is 15.2. The summed E-state index contributed by atoms with van der Waals surface area (Å²) in [4.78, 5) is 4.96. The Morgan fingerprint density at radius 1 is 1.14 bits per heavy atom. The van der Waals surface area contributed by atoms with Crippen LogP contribution in [0.2, 0.25) is 0 Å². The number of piperazine rings is 1. The number of likely N-dealkylation sites (N-methyl/N-ethyl adjacent to an activating group) is 1. The second-order valence-corrected chi connectivity index (χ2v) is 6.02. The van der Waals surface area contributed by atoms with Crippen molar-refractivity contribution in [1.82, 2.24) is 14.4 Å². The van der Waals surface area contributed by atoms with E-state index in [1.807, 2.05) is 0 Å². The molecule has 114 valence electrons. The van der Waals surface area contributed by atoms with Crippen LogP contribution in [-0.4, -0.2) is 47.6 Å². The summed E-state index contributed by atoms with van der Waals surface area (Å²) < 4.78 is 2.44. The lowest BCUT2D eigenvalue weighted by Gasteiger charge is -2.32. The third kappa shape index (κ3) is 2.84. The molecule has 0 spiro atoms. The normalized spacial score (nSPS) is 17.7. The number of para-hydroxylation sites is 1. The van der Waals surface area contributed by atoms with E-state index in [1.54, 1.807) is 0 Å². The fraction of sp³-hybridized carbons (Fsp3) is 0.529. The first-order chi connectivity index (χ1) is 10.2. The zero-order chi connectivity index (χ0) is 14.8. The Bertz CT molecular complexity index is 609. The number of rotatable bonds is 4. The van der Waals surface area contributed by atoms with E-state index in [0.717, 1.165) is 26.2 Å². The van der Waals surface area contributed by atoms with Crippen LogP contribution in [0.25, 0.3) is 10.9 Å². The van der Waals surface area contributed by atoms with E-state index in [9.17, 15) is 0 Å². The molecule has 2 N–H and O–H groups in total. The molecule has 0 aliphatic carbocycles. The summed E-state index contributed by atoms with van der Waals surface area (Å²) in [6, 6.07) is 8.81. The summed E-state index contributed by atoms with van der Waals surface area (Å²) in [5, 5.41) is 1.32. The Kier molecular flexibility index (Phi) is 4.29. The van der Waals surface area contributed by atoms with Gasteiger partial charge in [-0.2, -0.15) is 0 Å². The topological polar surface area (TPSA) is 37.4 Å². The van der Waals surface area contributed by atoms with E-state index < -0.39 is 0 Å². The van der Waals surface area contributed by atoms with Gasteiger partial charge in [0.05, 0.1) is 5.52 Å². The number of hydrogen-bond acceptors (Lipinski definition) is 3. The molecule has 2 aromatic rings. The van der Waals surface area contributed by atoms with Crippen LogP contribution in [0.15, 0.2) is 24.3 Å². The predicted molar refractivity (Wildman–Crippen MR) is 88.3 cm³/mol. The lowest BCUT2D eigenvalue weighted by molar-refractivity contribution is 0.146. The monoisotopic (exact) mass is 286 g/mol. The van der Waals surface area contributed by atoms with Crippen LogP contribution in [0, 0.1) is 0 Å². The predicted octanol–water partition coefficient (Wildman–Crippen LogP) is 1.87. The molecule has 0 atom stereocenters. The Labute approximate surface area is 127 Å². The lowest BCUT2D eigenvalue weighted by Crippen LogP contribution is -2.44. The molecule has 4 nitrogen and oxygen atoms in total. The van der Waals surface area contributed by atoms with Crippen LogP contribution in [0.4, 0.5) is 0 Å². The van der Waals surface area contributed by atoms with Gasteiger partial charge >= 0.3 is 0 Å². The van der Waals surface area contributed by atoms with Crippen molar-refractivity contribution in [2.24, 2.45) is 5.73 Å². The largest absolute Gasteiger partial charge is 0.343 e. The highest BCUT2D eigenvalue weighted by Gasteiger charge is 2.17. The summed E-state index contributed by atoms with van der Waals surface area (Å²) in [7, 11) is 2.20. The number of hydrogen-bond donors (Lipinski definition) is 1. The van der Waals surface area contributed by atoms with E-state index in [0.29, 0.717) is 6.54 Å². The molecule has 0 bridgehead atoms. The molecule has 0 radical (unpaired) electrons. The zero-order valence-corrected chi connectivity index (χ0v) is 13.2. The van der Waals surface area contributed by atoms with E-state index in [4.69, 9.17) is 5.73 Å². The molecular formula is C17H26N4. The van der Waals surface area contributed by atoms with Crippen LogP contribution >= 0.6 is 0 Å². The van der Waals surface area contributed by atoms with Crippen molar-refractivity contribution in [2.45, 2.75) is 26.6 Å². The average molecular weight is 286 g/mol. The molecule has 1 aromatic heterocycles. The Balaban J connectivity index is 1.91. The van der Waals surface area contributed by atoms with Gasteiger partial charge in [0.25, 0.3) is 0 Å². The number of nitrogens with zero attached hydrogens (tertiary/aromatic N) is 3. The van der Waals surface area contributed by atoms with Crippen molar-refractivity contribution < 1.29 is 0 Å². The van der Waals surface area contributed by atoms with Crippen molar-refractivity contribution in [1.29, 1.82) is 0 Å². The van der Waals surface area contributed by atoms with Gasteiger partial charge in [0.1, 0.15) is 0 Å². The fourth-order valence-electron chi connectivity index (χ4n) is 3.35. The van der Waals surface area contributed by atoms with E-state index in [2.05, 4.69) is 52.6 Å². The summed E-state index contributed by atoms with van der Waals surface area (Å²) >= 11 is 0. The Morgan fingerprint density at radius 3 is 2.57 bits per heavy atom. The smallest absolute Gasteiger partial charge is 0.0528 e. The third-order valence-electron chi connectivity index (χ3n) is 4.61. The molecule has 1 aliphatic rings. The molecule has 1 aliphatic heterocycles. The standard InChI is InChI=1S/C17H26N4/c1-3-21-16(13-20-9-7-19(2)8-10-20)11-14-5-4-6-15(12-18)17(14)21/h4-6,11H,3,7-10,12-13,18H2,1-2H3. The summed E-state index contributed by atoms with van der Waals surface area (Å²) in [6.07, 6.45) is 0. The van der Waals surface area contributed by atoms with Crippen LogP contribution in [-0.2, 0) is 19.6 Å². The second kappa shape index (κ2) is 6.18. The third-order valence-corrected chi connectivity index (χ3v) is 4.61. The Morgan fingerprint density at radius 2 is 1.90 bits per heavy atom. The molecule has 3 rings (SSSR count). The highest BCUT2D eigenvalue weighted by molar-refractivity contribution is 5.84. The van der Waals surface area contributed by atoms with Crippen molar-refractivity contribution in [2.75, 3.05) is 33.2 Å². The van der Waals surface area contributed by atoms with Crippen molar-refractivity contribution >= 4 is 10.9 Å². The number of fused-ring (bicyclic) bond motifs is 1. The molecule has 1 aromatic carbocycles. The summed E-state index contributed by atoms with van der Waals surface area (Å²) in [6.45, 7) is 9.53. The van der Waals surface area contributed by atoms with Gasteiger partial charge in [-0.05, 0) is 25.6 Å². The maximum Gasteiger partial charge on any atom is 0.0528 e. The first-order valence-electron chi connectivity index (χ1n) is 7.94. The van der Waals surface area contributed by atoms with E-state index in [-0.39, 0.29) is 0 Å². The quantitative estimate of drug-likeness (QED) is 0.932. The van der Waals surface area contributed by atoms with Gasteiger partial charge in [-0.25, -0.2) is 0 Å². The van der Waals surface area contributed by atoms with Gasteiger partial charge in [-0.3, -0.25) is 4.90 Å². The first kappa shape index (κ1) is 14.6. The van der Waals surface area contributed by atoms with Gasteiger partial charge in [0.15, 0.2) is 0 Å². The molecule has 4 heteroatoms. The van der Waals surface area contributed by atoms with E-state index >= 15 is 0 Å². The number of aromatic nitrogens is 1. The van der Waals surface area contributed by atoms with Gasteiger partial charge in [0.2, 0.25) is 0 Å². The van der Waals surface area contributed by atoms with Gasteiger partial charge < -0.3 is 15.2 Å². The molecular weight excluding hydrogens is 260 g/mol. The van der Waals surface area contributed by atoms with Gasteiger partial charge in [-0.1, -0.05) is 18.2 Å². The number of benzene rings is 1. The molecule has 21 heavy (non-hydrogen) atoms. The summed E-state index contributed by atoms with van der Waals surface area (Å²) in [5.74, 6) is 0. The molecule has 0 saturated carbocycles. The van der Waals surface area contributed by atoms with Crippen LogP contribution in [0.1, 0.15) is 18.2 Å². The van der Waals surface area contributed by atoms with Gasteiger partial charge in [-0.15, -0.1) is 0 Å². The molecule has 2 heterocycles. The minimum absolute atomic E-state index is 0.606. The SMILES string of the molecule is CCn1c(CN2CCN(C)CC2)cc2cccc(CN)c21. The minimum Gasteiger partial charge on any atom is -0.343 e. The van der Waals surface area contributed by atoms with Crippen molar-refractivity contribution in [3.63, 3.8) is 0 Å². The average Bonchev–Trinajstić information content (AvgIpc) is 2.86. The molecule has 1 fully saturated rings. The van der Waals surface area contributed by atoms with Crippen LogP contribution in [0.3, 0.4) is 0 Å². The van der Waals surface area contributed by atoms with Gasteiger partial charge in [0, 0.05) is 56.9 Å². The lowest BCUT2D eigenvalue weighted by atomic mass is 10.1. The zero-order valence-electron chi connectivity index (χ0n) is 13.2. The minimum atomic E-state index is 0.606. The number of nitrogens with two attached hydrogens (primary N) is 1. The van der Waals surface area contributed by atoms with Crippen LogP contribution < -0.4 is 5.73 Å². The van der Waals surface area contributed by atoms with Crippen molar-refractivity contribution in [3.05, 3.63) is 35.5 Å². The molecule has 1 saturated heterocycles. The summed E-state index contributed by atoms with van der Waals surface area (Å²) in [5.41, 5.74) is 9.91. The highest BCUT2D eigenvalue weighted by Crippen LogP contribution is 2.24. The fourth-order valence-corrected chi connectivity index (χ4v) is 3.35. The molecule has 0 unspecified atom stereocenters. The maximum absolute atomic E-state index is 5.92. The maximum atomic E-state index is 5.92. The van der Waals surface area contributed by atoms with Crippen LogP contribution in [0.5, 0.6) is 0 Å². The first-order valence-corrected chi connectivity index (χ1v) is 7.94. The molecule has 0 amide bonds.